The van der Waals surface area contributed by atoms with E-state index < -0.39 is 65.2 Å². The van der Waals surface area contributed by atoms with Gasteiger partial charge in [0.25, 0.3) is 0 Å². The Balaban J connectivity index is 1.58. The standard InChI is InChI=1S/C36H47N7O7/c1-21(2)30(37)33(47)40-27(17-23-12-14-26(44)15-13-23)31(45)41-28(18-25-19-38-20-39-25)34(48)43-16-8-11-29(43)32(46)42-36(4,35(49)50)22(3)24-9-6-5-7-10-24/h5-7,9-10,12-15,19-22,27-30,44H,8,11,16-18,37H2,1-4H3,(H,38,39)(H,40,47)(H,41,45)(H,42,46)(H,49,50)/t22?,27-,28-,29-,30-,36-/m0/s1. The largest absolute Gasteiger partial charge is 0.508 e. The highest BCUT2D eigenvalue weighted by Crippen LogP contribution is 2.30. The van der Waals surface area contributed by atoms with Crippen LogP contribution in [0.25, 0.3) is 0 Å². The second-order valence-corrected chi connectivity index (χ2v) is 13.4. The van der Waals surface area contributed by atoms with Crippen molar-refractivity contribution in [1.82, 2.24) is 30.8 Å². The lowest BCUT2D eigenvalue weighted by Gasteiger charge is -2.35. The summed E-state index contributed by atoms with van der Waals surface area (Å²) in [5.41, 5.74) is 6.30. The number of aromatic hydroxyl groups is 1. The summed E-state index contributed by atoms with van der Waals surface area (Å²) < 4.78 is 0. The summed E-state index contributed by atoms with van der Waals surface area (Å²) >= 11 is 0. The summed E-state index contributed by atoms with van der Waals surface area (Å²) in [4.78, 5) is 75.9. The van der Waals surface area contributed by atoms with Gasteiger partial charge in [-0.3, -0.25) is 19.2 Å². The van der Waals surface area contributed by atoms with Gasteiger partial charge in [0.05, 0.1) is 12.4 Å². The molecule has 2 heterocycles. The number of aliphatic carboxylic acids is 1. The van der Waals surface area contributed by atoms with Crippen molar-refractivity contribution in [3.63, 3.8) is 0 Å². The van der Waals surface area contributed by atoms with E-state index in [4.69, 9.17) is 5.73 Å². The normalized spacial score (nSPS) is 18.0. The zero-order valence-electron chi connectivity index (χ0n) is 28.8. The lowest BCUT2D eigenvalue weighted by molar-refractivity contribution is -0.149. The van der Waals surface area contributed by atoms with E-state index in [1.54, 1.807) is 57.2 Å². The van der Waals surface area contributed by atoms with Crippen LogP contribution in [0.1, 0.15) is 63.3 Å². The first-order valence-electron chi connectivity index (χ1n) is 16.7. The fraction of sp³-hybridized carbons (Fsp3) is 0.444. The minimum atomic E-state index is -1.68. The molecule has 1 saturated heterocycles. The quantitative estimate of drug-likeness (QED) is 0.123. The number of rotatable bonds is 15. The van der Waals surface area contributed by atoms with Crippen LogP contribution in [0.2, 0.25) is 0 Å². The number of aromatic amines is 1. The van der Waals surface area contributed by atoms with Crippen molar-refractivity contribution in [2.45, 2.75) is 89.0 Å². The van der Waals surface area contributed by atoms with Gasteiger partial charge >= 0.3 is 5.97 Å². The van der Waals surface area contributed by atoms with Gasteiger partial charge in [0, 0.05) is 37.2 Å². The molecule has 1 aromatic heterocycles. The number of carbonyl (C=O) groups is 5. The number of likely N-dealkylation sites (tertiary alicyclic amines) is 1. The molecular formula is C36H47N7O7. The van der Waals surface area contributed by atoms with Crippen LogP contribution < -0.4 is 21.7 Å². The lowest BCUT2D eigenvalue weighted by Crippen LogP contribution is -2.61. The predicted octanol–water partition coefficient (Wildman–Crippen LogP) is 1.61. The smallest absolute Gasteiger partial charge is 0.329 e. The number of amides is 4. The van der Waals surface area contributed by atoms with Gasteiger partial charge in [0.1, 0.15) is 29.4 Å². The number of nitrogens with two attached hydrogens (primary N) is 1. The molecule has 3 aromatic rings. The summed E-state index contributed by atoms with van der Waals surface area (Å²) in [7, 11) is 0. The number of carboxylic acid groups (broad SMARTS) is 1. The molecule has 1 aliphatic heterocycles. The molecular weight excluding hydrogens is 642 g/mol. The number of hydrogen-bond acceptors (Lipinski definition) is 8. The van der Waals surface area contributed by atoms with E-state index in [1.165, 1.54) is 36.5 Å². The molecule has 1 fully saturated rings. The molecule has 0 spiro atoms. The van der Waals surface area contributed by atoms with Crippen LogP contribution in [-0.4, -0.2) is 90.9 Å². The zero-order chi connectivity index (χ0) is 36.6. The Labute approximate surface area is 291 Å². The monoisotopic (exact) mass is 689 g/mol. The minimum Gasteiger partial charge on any atom is -0.508 e. The molecule has 0 saturated carbocycles. The molecule has 268 valence electrons. The summed E-state index contributed by atoms with van der Waals surface area (Å²) in [5, 5.41) is 28.2. The Bertz CT molecular complexity index is 1630. The molecule has 1 unspecified atom stereocenters. The average Bonchev–Trinajstić information content (AvgIpc) is 3.80. The molecule has 0 bridgehead atoms. The summed E-state index contributed by atoms with van der Waals surface area (Å²) in [6.07, 6.45) is 3.77. The van der Waals surface area contributed by atoms with Crippen molar-refractivity contribution >= 4 is 29.6 Å². The Kier molecular flexibility index (Phi) is 12.4. The van der Waals surface area contributed by atoms with E-state index in [0.717, 1.165) is 5.56 Å². The van der Waals surface area contributed by atoms with Crippen molar-refractivity contribution in [2.24, 2.45) is 11.7 Å². The van der Waals surface area contributed by atoms with Crippen LogP contribution in [0.3, 0.4) is 0 Å². The second kappa shape index (κ2) is 16.4. The average molecular weight is 690 g/mol. The number of phenols is 1. The van der Waals surface area contributed by atoms with Gasteiger partial charge in [-0.05, 0) is 48.9 Å². The SMILES string of the molecule is CC(C)[C@H](N)C(=O)N[C@@H](Cc1ccc(O)cc1)C(=O)N[C@@H](Cc1cnc[nH]1)C(=O)N1CCC[C@H]1C(=O)N[C@](C)(C(=O)O)C(C)c1ccccc1. The van der Waals surface area contributed by atoms with E-state index >= 15 is 0 Å². The van der Waals surface area contributed by atoms with Gasteiger partial charge < -0.3 is 41.8 Å². The predicted molar refractivity (Wildman–Crippen MR) is 185 cm³/mol. The second-order valence-electron chi connectivity index (χ2n) is 13.4. The van der Waals surface area contributed by atoms with Gasteiger partial charge in [0.2, 0.25) is 23.6 Å². The number of aromatic nitrogens is 2. The number of nitrogens with zero attached hydrogens (tertiary/aromatic N) is 2. The number of hydrogen-bond donors (Lipinski definition) is 7. The van der Waals surface area contributed by atoms with Crippen molar-refractivity contribution < 1.29 is 34.2 Å². The maximum absolute atomic E-state index is 14.3. The van der Waals surface area contributed by atoms with E-state index in [-0.39, 0.29) is 31.1 Å². The van der Waals surface area contributed by atoms with Gasteiger partial charge in [0.15, 0.2) is 0 Å². The third kappa shape index (κ3) is 9.05. The van der Waals surface area contributed by atoms with Crippen molar-refractivity contribution in [1.29, 1.82) is 0 Å². The molecule has 0 radical (unpaired) electrons. The lowest BCUT2D eigenvalue weighted by atomic mass is 9.81. The van der Waals surface area contributed by atoms with E-state index in [9.17, 15) is 34.2 Å². The van der Waals surface area contributed by atoms with E-state index in [0.29, 0.717) is 24.1 Å². The number of imidazole rings is 1. The van der Waals surface area contributed by atoms with Crippen LogP contribution in [0.5, 0.6) is 5.75 Å². The fourth-order valence-electron chi connectivity index (χ4n) is 6.00. The molecule has 2 aromatic carbocycles. The molecule has 1 aliphatic rings. The summed E-state index contributed by atoms with van der Waals surface area (Å²) in [6, 6.07) is 11.0. The third-order valence-corrected chi connectivity index (χ3v) is 9.45. The number of carboxylic acids is 1. The molecule has 6 atom stereocenters. The van der Waals surface area contributed by atoms with E-state index in [2.05, 4.69) is 25.9 Å². The van der Waals surface area contributed by atoms with Crippen LogP contribution in [0.15, 0.2) is 67.1 Å². The number of H-pyrrole nitrogens is 1. The summed E-state index contributed by atoms with van der Waals surface area (Å²) in [6.45, 7) is 6.94. The zero-order valence-corrected chi connectivity index (χ0v) is 28.8. The Morgan fingerprint density at radius 1 is 0.980 bits per heavy atom. The first-order valence-corrected chi connectivity index (χ1v) is 16.7. The van der Waals surface area contributed by atoms with Crippen LogP contribution in [-0.2, 0) is 36.8 Å². The van der Waals surface area contributed by atoms with Gasteiger partial charge in [-0.1, -0.05) is 63.2 Å². The van der Waals surface area contributed by atoms with Gasteiger partial charge in [-0.2, -0.15) is 0 Å². The highest BCUT2D eigenvalue weighted by Gasteiger charge is 2.45. The van der Waals surface area contributed by atoms with Crippen molar-refractivity contribution in [2.75, 3.05) is 6.54 Å². The number of nitrogens with one attached hydrogen (secondary N) is 4. The van der Waals surface area contributed by atoms with Gasteiger partial charge in [-0.15, -0.1) is 0 Å². The first kappa shape index (κ1) is 37.6. The topological polar surface area (TPSA) is 220 Å². The number of benzene rings is 2. The number of phenolic OH excluding ortho intramolecular Hbond substituents is 1. The molecule has 8 N–H and O–H groups in total. The van der Waals surface area contributed by atoms with Crippen molar-refractivity contribution in [3.8, 4) is 5.75 Å². The Hall–Kier alpha value is -5.24. The van der Waals surface area contributed by atoms with Crippen LogP contribution >= 0.6 is 0 Å². The van der Waals surface area contributed by atoms with E-state index in [1.807, 2.05) is 6.07 Å². The summed E-state index contributed by atoms with van der Waals surface area (Å²) in [5.74, 6) is -4.36. The Morgan fingerprint density at radius 2 is 1.64 bits per heavy atom. The molecule has 0 aliphatic carbocycles. The molecule has 50 heavy (non-hydrogen) atoms. The highest BCUT2D eigenvalue weighted by atomic mass is 16.4. The Morgan fingerprint density at radius 3 is 2.24 bits per heavy atom. The molecule has 4 rings (SSSR count). The molecule has 14 nitrogen and oxygen atoms in total. The molecule has 14 heteroatoms. The van der Waals surface area contributed by atoms with Crippen LogP contribution in [0, 0.1) is 5.92 Å². The maximum atomic E-state index is 14.3. The molecule has 4 amide bonds. The minimum absolute atomic E-state index is 0.00131. The first-order chi connectivity index (χ1) is 23.7. The maximum Gasteiger partial charge on any atom is 0.329 e. The fourth-order valence-corrected chi connectivity index (χ4v) is 6.00. The van der Waals surface area contributed by atoms with Gasteiger partial charge in [-0.25, -0.2) is 9.78 Å². The third-order valence-electron chi connectivity index (χ3n) is 9.45. The van der Waals surface area contributed by atoms with Crippen molar-refractivity contribution in [3.05, 3.63) is 83.9 Å². The highest BCUT2D eigenvalue weighted by molar-refractivity contribution is 5.96. The van der Waals surface area contributed by atoms with Crippen LogP contribution in [0.4, 0.5) is 0 Å². The number of carbonyl (C=O) groups excluding carboxylic acids is 4.